The summed E-state index contributed by atoms with van der Waals surface area (Å²) < 4.78 is 25.4. The fraction of sp³-hybridized carbons (Fsp3) is 0.571. The first-order valence-electron chi connectivity index (χ1n) is 6.28. The largest absolute Gasteiger partial charge is 0.382 e. The molecule has 1 saturated heterocycles. The van der Waals surface area contributed by atoms with Gasteiger partial charge in [0.1, 0.15) is 5.60 Å². The second kappa shape index (κ2) is 4.84. The molecule has 1 aromatic carbocycles. The van der Waals surface area contributed by atoms with Crippen molar-refractivity contribution in [2.75, 3.05) is 18.0 Å². The molecule has 1 atom stereocenters. The lowest BCUT2D eigenvalue weighted by Crippen LogP contribution is -2.40. The van der Waals surface area contributed by atoms with Crippen molar-refractivity contribution >= 4 is 5.69 Å². The van der Waals surface area contributed by atoms with Gasteiger partial charge in [-0.25, -0.2) is 8.78 Å². The van der Waals surface area contributed by atoms with Crippen molar-refractivity contribution in [1.82, 2.24) is 0 Å². The SMILES string of the molecule is CC(C)c1ccc(N2CC[C@@](O)(C(F)F)C2)cc1. The van der Waals surface area contributed by atoms with E-state index in [4.69, 9.17) is 0 Å². The molecule has 0 radical (unpaired) electrons. The molecule has 0 spiro atoms. The summed E-state index contributed by atoms with van der Waals surface area (Å²) >= 11 is 0. The second-order valence-electron chi connectivity index (χ2n) is 5.32. The summed E-state index contributed by atoms with van der Waals surface area (Å²) in [6, 6.07) is 7.90. The molecule has 1 fully saturated rings. The van der Waals surface area contributed by atoms with Gasteiger partial charge in [-0.15, -0.1) is 0 Å². The van der Waals surface area contributed by atoms with Gasteiger partial charge in [-0.3, -0.25) is 0 Å². The summed E-state index contributed by atoms with van der Waals surface area (Å²) in [5.74, 6) is 0.454. The molecule has 1 aliphatic rings. The smallest absolute Gasteiger partial charge is 0.268 e. The molecule has 1 aromatic rings. The zero-order chi connectivity index (χ0) is 13.3. The summed E-state index contributed by atoms with van der Waals surface area (Å²) in [5.41, 5.74) is 0.273. The Labute approximate surface area is 106 Å². The van der Waals surface area contributed by atoms with Crippen LogP contribution >= 0.6 is 0 Å². The van der Waals surface area contributed by atoms with E-state index in [1.165, 1.54) is 5.56 Å². The van der Waals surface area contributed by atoms with Crippen LogP contribution in [0.5, 0.6) is 0 Å². The molecule has 18 heavy (non-hydrogen) atoms. The number of rotatable bonds is 3. The van der Waals surface area contributed by atoms with Gasteiger partial charge < -0.3 is 10.0 Å². The summed E-state index contributed by atoms with van der Waals surface area (Å²) in [7, 11) is 0. The lowest BCUT2D eigenvalue weighted by atomic mass is 10.0. The van der Waals surface area contributed by atoms with Crippen molar-refractivity contribution in [2.24, 2.45) is 0 Å². The Kier molecular flexibility index (Phi) is 3.57. The number of aliphatic hydroxyl groups is 1. The number of anilines is 1. The first kappa shape index (κ1) is 13.3. The van der Waals surface area contributed by atoms with Gasteiger partial charge in [-0.05, 0) is 23.6 Å². The fourth-order valence-corrected chi connectivity index (χ4v) is 2.29. The van der Waals surface area contributed by atoms with Crippen LogP contribution in [0.4, 0.5) is 14.5 Å². The Balaban J connectivity index is 2.10. The van der Waals surface area contributed by atoms with Crippen molar-refractivity contribution in [1.29, 1.82) is 0 Å². The average Bonchev–Trinajstić information content (AvgIpc) is 2.73. The molecule has 2 rings (SSSR count). The predicted octanol–water partition coefficient (Wildman–Crippen LogP) is 3.02. The van der Waals surface area contributed by atoms with Crippen molar-refractivity contribution < 1.29 is 13.9 Å². The topological polar surface area (TPSA) is 23.5 Å². The van der Waals surface area contributed by atoms with Gasteiger partial charge in [0.2, 0.25) is 0 Å². The summed E-state index contributed by atoms with van der Waals surface area (Å²) in [6.45, 7) is 4.70. The van der Waals surface area contributed by atoms with Crippen molar-refractivity contribution in [3.8, 4) is 0 Å². The number of hydrogen-bond donors (Lipinski definition) is 1. The van der Waals surface area contributed by atoms with E-state index in [0.29, 0.717) is 12.5 Å². The van der Waals surface area contributed by atoms with Gasteiger partial charge >= 0.3 is 0 Å². The van der Waals surface area contributed by atoms with Crippen molar-refractivity contribution in [2.45, 2.75) is 38.2 Å². The maximum atomic E-state index is 12.7. The van der Waals surface area contributed by atoms with E-state index in [-0.39, 0.29) is 13.0 Å². The Morgan fingerprint density at radius 2 is 1.83 bits per heavy atom. The van der Waals surface area contributed by atoms with Gasteiger partial charge in [-0.2, -0.15) is 0 Å². The monoisotopic (exact) mass is 255 g/mol. The third-order valence-corrected chi connectivity index (χ3v) is 3.61. The minimum Gasteiger partial charge on any atom is -0.382 e. The van der Waals surface area contributed by atoms with E-state index < -0.39 is 12.0 Å². The maximum absolute atomic E-state index is 12.7. The maximum Gasteiger partial charge on any atom is 0.268 e. The molecule has 0 aliphatic carbocycles. The number of alkyl halides is 2. The van der Waals surface area contributed by atoms with Gasteiger partial charge in [0.05, 0.1) is 6.54 Å². The van der Waals surface area contributed by atoms with Gasteiger partial charge in [0.15, 0.2) is 0 Å². The standard InChI is InChI=1S/C14H19F2NO/c1-10(2)11-3-5-12(6-4-11)17-8-7-14(18,9-17)13(15)16/h3-6,10,13,18H,7-9H2,1-2H3/t14-/m0/s1. The van der Waals surface area contributed by atoms with E-state index >= 15 is 0 Å². The van der Waals surface area contributed by atoms with Gasteiger partial charge in [0.25, 0.3) is 6.43 Å². The predicted molar refractivity (Wildman–Crippen MR) is 68.3 cm³/mol. The molecule has 2 nitrogen and oxygen atoms in total. The van der Waals surface area contributed by atoms with E-state index in [9.17, 15) is 13.9 Å². The van der Waals surface area contributed by atoms with E-state index in [0.717, 1.165) is 5.69 Å². The van der Waals surface area contributed by atoms with E-state index in [1.807, 2.05) is 29.2 Å². The van der Waals surface area contributed by atoms with Crippen LogP contribution in [0.15, 0.2) is 24.3 Å². The van der Waals surface area contributed by atoms with Crippen molar-refractivity contribution in [3.63, 3.8) is 0 Å². The highest BCUT2D eigenvalue weighted by atomic mass is 19.3. The highest BCUT2D eigenvalue weighted by Gasteiger charge is 2.44. The molecule has 0 aromatic heterocycles. The zero-order valence-electron chi connectivity index (χ0n) is 10.7. The quantitative estimate of drug-likeness (QED) is 0.897. The Morgan fingerprint density at radius 1 is 1.22 bits per heavy atom. The van der Waals surface area contributed by atoms with Crippen LogP contribution in [0.1, 0.15) is 31.7 Å². The highest BCUT2D eigenvalue weighted by Crippen LogP contribution is 2.31. The molecule has 100 valence electrons. The van der Waals surface area contributed by atoms with Crippen LogP contribution < -0.4 is 4.90 Å². The minimum absolute atomic E-state index is 0.00565. The molecule has 1 N–H and O–H groups in total. The number of benzene rings is 1. The molecule has 0 amide bonds. The minimum atomic E-state index is -2.68. The number of nitrogens with zero attached hydrogens (tertiary/aromatic N) is 1. The molecule has 0 bridgehead atoms. The third-order valence-electron chi connectivity index (χ3n) is 3.61. The molecular weight excluding hydrogens is 236 g/mol. The van der Waals surface area contributed by atoms with Crippen LogP contribution in [0, 0.1) is 0 Å². The normalized spacial score (nSPS) is 24.3. The number of halogens is 2. The lowest BCUT2D eigenvalue weighted by Gasteiger charge is -2.23. The second-order valence-corrected chi connectivity index (χ2v) is 5.32. The van der Waals surface area contributed by atoms with Gasteiger partial charge in [-0.1, -0.05) is 26.0 Å². The van der Waals surface area contributed by atoms with Crippen LogP contribution in [-0.2, 0) is 0 Å². The van der Waals surface area contributed by atoms with Crippen LogP contribution in [0.25, 0.3) is 0 Å². The van der Waals surface area contributed by atoms with Crippen LogP contribution in [-0.4, -0.2) is 30.2 Å². The Bertz CT molecular complexity index is 405. The molecule has 0 saturated carbocycles. The summed E-state index contributed by atoms with van der Waals surface area (Å²) in [5, 5.41) is 9.75. The lowest BCUT2D eigenvalue weighted by molar-refractivity contribution is -0.0800. The zero-order valence-corrected chi connectivity index (χ0v) is 10.7. The third kappa shape index (κ3) is 2.48. The molecule has 4 heteroatoms. The van der Waals surface area contributed by atoms with E-state index in [2.05, 4.69) is 13.8 Å². The fourth-order valence-electron chi connectivity index (χ4n) is 2.29. The Hall–Kier alpha value is -1.16. The highest BCUT2D eigenvalue weighted by molar-refractivity contribution is 5.49. The number of β-amino-alcohol motifs (C(OH)–C–C–N with tert-alkyl or cyclic N) is 1. The van der Waals surface area contributed by atoms with E-state index in [1.54, 1.807) is 0 Å². The first-order chi connectivity index (χ1) is 8.42. The number of hydrogen-bond acceptors (Lipinski definition) is 2. The molecular formula is C14H19F2NO. The molecule has 1 heterocycles. The van der Waals surface area contributed by atoms with Crippen LogP contribution in [0.3, 0.4) is 0 Å². The van der Waals surface area contributed by atoms with Crippen molar-refractivity contribution in [3.05, 3.63) is 29.8 Å². The Morgan fingerprint density at radius 3 is 2.28 bits per heavy atom. The van der Waals surface area contributed by atoms with Gasteiger partial charge in [0, 0.05) is 18.7 Å². The molecule has 0 unspecified atom stereocenters. The molecule has 1 aliphatic heterocycles. The first-order valence-corrected chi connectivity index (χ1v) is 6.28. The summed E-state index contributed by atoms with van der Waals surface area (Å²) in [6.07, 6.45) is -2.56. The average molecular weight is 255 g/mol. The van der Waals surface area contributed by atoms with Crippen LogP contribution in [0.2, 0.25) is 0 Å². The summed E-state index contributed by atoms with van der Waals surface area (Å²) in [4.78, 5) is 1.82.